The smallest absolute Gasteiger partial charge is 0.202 e. The van der Waals surface area contributed by atoms with E-state index in [2.05, 4.69) is 21.4 Å². The zero-order chi connectivity index (χ0) is 10.3. The van der Waals surface area contributed by atoms with Gasteiger partial charge in [-0.05, 0) is 23.8 Å². The number of benzene rings is 1. The Labute approximate surface area is 93.1 Å². The van der Waals surface area contributed by atoms with E-state index in [9.17, 15) is 0 Å². The summed E-state index contributed by atoms with van der Waals surface area (Å²) in [6, 6.07) is 7.86. The van der Waals surface area contributed by atoms with Crippen molar-refractivity contribution in [1.82, 2.24) is 10.2 Å². The molecule has 1 N–H and O–H groups in total. The Morgan fingerprint density at radius 1 is 1.33 bits per heavy atom. The third-order valence-corrected chi connectivity index (χ3v) is 2.84. The van der Waals surface area contributed by atoms with E-state index >= 15 is 0 Å². The minimum absolute atomic E-state index is 0.206. The second kappa shape index (κ2) is 3.28. The van der Waals surface area contributed by atoms with Crippen LogP contribution in [0.3, 0.4) is 0 Å². The summed E-state index contributed by atoms with van der Waals surface area (Å²) in [6.07, 6.45) is 4.32. The summed E-state index contributed by atoms with van der Waals surface area (Å²) < 4.78 is 0. The molecule has 15 heavy (non-hydrogen) atoms. The van der Waals surface area contributed by atoms with Gasteiger partial charge in [0.25, 0.3) is 0 Å². The highest BCUT2D eigenvalue weighted by atomic mass is 35.5. The molecule has 1 aromatic carbocycles. The van der Waals surface area contributed by atoms with Crippen LogP contribution in [-0.4, -0.2) is 17.4 Å². The zero-order valence-corrected chi connectivity index (χ0v) is 8.78. The van der Waals surface area contributed by atoms with E-state index < -0.39 is 0 Å². The predicted molar refractivity (Wildman–Crippen MR) is 60.6 cm³/mol. The number of hydrogen-bond donors (Lipinski definition) is 1. The number of nitrogens with zero attached hydrogens (tertiary/aromatic N) is 2. The molecule has 1 aromatic rings. The van der Waals surface area contributed by atoms with E-state index in [0.29, 0.717) is 0 Å². The van der Waals surface area contributed by atoms with E-state index in [-0.39, 0.29) is 6.17 Å². The topological polar surface area (TPSA) is 27.6 Å². The lowest BCUT2D eigenvalue weighted by molar-refractivity contribution is 0.282. The van der Waals surface area contributed by atoms with Gasteiger partial charge in [-0.1, -0.05) is 23.7 Å². The highest BCUT2D eigenvalue weighted by Gasteiger charge is 2.33. The summed E-state index contributed by atoms with van der Waals surface area (Å²) in [4.78, 5) is 6.43. The summed E-state index contributed by atoms with van der Waals surface area (Å²) >= 11 is 5.84. The summed E-state index contributed by atoms with van der Waals surface area (Å²) in [5, 5.41) is 4.06. The van der Waals surface area contributed by atoms with Crippen molar-refractivity contribution in [3.05, 3.63) is 47.1 Å². The third-order valence-electron chi connectivity index (χ3n) is 2.59. The molecule has 1 fully saturated rings. The molecule has 1 saturated heterocycles. The molecule has 0 spiro atoms. The van der Waals surface area contributed by atoms with Gasteiger partial charge in [-0.25, -0.2) is 4.99 Å². The predicted octanol–water partition coefficient (Wildman–Crippen LogP) is 2.13. The molecule has 3 rings (SSSR count). The molecule has 2 heterocycles. The van der Waals surface area contributed by atoms with E-state index in [1.807, 2.05) is 30.3 Å². The third kappa shape index (κ3) is 1.39. The van der Waals surface area contributed by atoms with Crippen molar-refractivity contribution >= 4 is 17.6 Å². The Hall–Kier alpha value is -1.48. The first-order valence-corrected chi connectivity index (χ1v) is 5.24. The lowest BCUT2D eigenvalue weighted by Crippen LogP contribution is -2.58. The highest BCUT2D eigenvalue weighted by Crippen LogP contribution is 2.28. The van der Waals surface area contributed by atoms with Crippen LogP contribution >= 0.6 is 11.6 Å². The molecule has 76 valence electrons. The van der Waals surface area contributed by atoms with Crippen molar-refractivity contribution in [1.29, 1.82) is 0 Å². The maximum atomic E-state index is 5.84. The normalized spacial score (nSPS) is 22.6. The van der Waals surface area contributed by atoms with Crippen LogP contribution < -0.4 is 5.32 Å². The molecule has 1 atom stereocenters. The minimum Gasteiger partial charge on any atom is -0.331 e. The van der Waals surface area contributed by atoms with Crippen LogP contribution in [0.4, 0.5) is 0 Å². The summed E-state index contributed by atoms with van der Waals surface area (Å²) in [5.74, 6) is 0.956. The Morgan fingerprint density at radius 2 is 2.13 bits per heavy atom. The first kappa shape index (κ1) is 8.80. The zero-order valence-electron chi connectivity index (χ0n) is 8.02. The van der Waals surface area contributed by atoms with Crippen molar-refractivity contribution in [3.63, 3.8) is 0 Å². The molecule has 2 aliphatic rings. The average molecular weight is 220 g/mol. The number of halogens is 1. The first-order valence-electron chi connectivity index (χ1n) is 4.86. The van der Waals surface area contributed by atoms with Crippen LogP contribution in [0.2, 0.25) is 5.02 Å². The van der Waals surface area contributed by atoms with Gasteiger partial charge in [0.2, 0.25) is 5.96 Å². The monoisotopic (exact) mass is 219 g/mol. The van der Waals surface area contributed by atoms with Gasteiger partial charge in [0, 0.05) is 11.2 Å². The molecule has 3 nitrogen and oxygen atoms in total. The van der Waals surface area contributed by atoms with Crippen LogP contribution in [-0.2, 0) is 0 Å². The van der Waals surface area contributed by atoms with Crippen LogP contribution in [0.1, 0.15) is 11.7 Å². The number of fused-ring (bicyclic) bond motifs is 1. The van der Waals surface area contributed by atoms with E-state index in [1.165, 1.54) is 5.56 Å². The number of nitrogens with one attached hydrogen (secondary N) is 1. The fraction of sp³-hybridized carbons (Fsp3) is 0.182. The Kier molecular flexibility index (Phi) is 1.92. The first-order chi connectivity index (χ1) is 7.34. The van der Waals surface area contributed by atoms with Gasteiger partial charge in [0.15, 0.2) is 0 Å². The molecule has 2 aliphatic heterocycles. The van der Waals surface area contributed by atoms with Crippen LogP contribution in [0.25, 0.3) is 0 Å². The molecule has 0 amide bonds. The maximum Gasteiger partial charge on any atom is 0.202 e. The Balaban J connectivity index is 1.85. The van der Waals surface area contributed by atoms with Gasteiger partial charge in [-0.3, -0.25) is 4.90 Å². The largest absolute Gasteiger partial charge is 0.331 e. The molecular weight excluding hydrogens is 210 g/mol. The Bertz CT molecular complexity index is 436. The molecule has 1 unspecified atom stereocenters. The Morgan fingerprint density at radius 3 is 2.87 bits per heavy atom. The second-order valence-corrected chi connectivity index (χ2v) is 3.99. The molecule has 0 aliphatic carbocycles. The fourth-order valence-electron chi connectivity index (χ4n) is 1.80. The minimum atomic E-state index is 0.206. The SMILES string of the molecule is Clc1ccc(C2NC3=NCC=CN32)cc1. The standard InChI is InChI=1S/C11H10ClN3/c12-9-4-2-8(3-5-9)10-14-11-13-6-1-7-15(10)11/h1-5,7,10H,6H2,(H,13,14). The van der Waals surface area contributed by atoms with Gasteiger partial charge in [-0.2, -0.15) is 0 Å². The molecule has 0 radical (unpaired) electrons. The molecule has 0 aromatic heterocycles. The van der Waals surface area contributed by atoms with E-state index in [4.69, 9.17) is 11.6 Å². The van der Waals surface area contributed by atoms with Crippen molar-refractivity contribution in [3.8, 4) is 0 Å². The van der Waals surface area contributed by atoms with Crippen molar-refractivity contribution in [2.24, 2.45) is 4.99 Å². The van der Waals surface area contributed by atoms with Gasteiger partial charge in [0.1, 0.15) is 6.17 Å². The summed E-state index contributed by atoms with van der Waals surface area (Å²) in [6.45, 7) is 0.770. The van der Waals surface area contributed by atoms with Gasteiger partial charge in [0.05, 0.1) is 6.54 Å². The number of hydrogen-bond acceptors (Lipinski definition) is 3. The fourth-order valence-corrected chi connectivity index (χ4v) is 1.92. The second-order valence-electron chi connectivity index (χ2n) is 3.55. The van der Waals surface area contributed by atoms with Crippen molar-refractivity contribution < 1.29 is 0 Å². The molecular formula is C11H10ClN3. The van der Waals surface area contributed by atoms with E-state index in [1.54, 1.807) is 0 Å². The summed E-state index contributed by atoms with van der Waals surface area (Å²) in [5.41, 5.74) is 1.20. The quantitative estimate of drug-likeness (QED) is 0.784. The number of rotatable bonds is 1. The summed E-state index contributed by atoms with van der Waals surface area (Å²) in [7, 11) is 0. The lowest BCUT2D eigenvalue weighted by atomic mass is 10.1. The van der Waals surface area contributed by atoms with E-state index in [0.717, 1.165) is 17.5 Å². The molecule has 0 saturated carbocycles. The number of aliphatic imine (C=N–C) groups is 1. The van der Waals surface area contributed by atoms with Gasteiger partial charge in [-0.15, -0.1) is 0 Å². The molecule has 4 heteroatoms. The van der Waals surface area contributed by atoms with Crippen LogP contribution in [0, 0.1) is 0 Å². The maximum absolute atomic E-state index is 5.84. The number of guanidine groups is 1. The average Bonchev–Trinajstić information content (AvgIpc) is 2.23. The van der Waals surface area contributed by atoms with Crippen molar-refractivity contribution in [2.75, 3.05) is 6.54 Å². The van der Waals surface area contributed by atoms with Crippen molar-refractivity contribution in [2.45, 2.75) is 6.17 Å². The van der Waals surface area contributed by atoms with Gasteiger partial charge < -0.3 is 5.32 Å². The lowest BCUT2D eigenvalue weighted by Gasteiger charge is -2.44. The molecule has 0 bridgehead atoms. The highest BCUT2D eigenvalue weighted by molar-refractivity contribution is 6.30. The van der Waals surface area contributed by atoms with Crippen LogP contribution in [0.5, 0.6) is 0 Å². The van der Waals surface area contributed by atoms with Gasteiger partial charge >= 0.3 is 0 Å². The van der Waals surface area contributed by atoms with Crippen LogP contribution in [0.15, 0.2) is 41.5 Å².